The van der Waals surface area contributed by atoms with Gasteiger partial charge in [-0.05, 0) is 69.7 Å². The number of thiazole rings is 1. The normalized spacial score (nSPS) is 15.1. The number of methoxy groups -OCH3 is 2. The van der Waals surface area contributed by atoms with Gasteiger partial charge in [0.05, 0.1) is 42.7 Å². The van der Waals surface area contributed by atoms with Gasteiger partial charge in [0.25, 0.3) is 5.56 Å². The summed E-state index contributed by atoms with van der Waals surface area (Å²) in [6, 6.07) is 9.75. The van der Waals surface area contributed by atoms with Crippen LogP contribution in [0.15, 0.2) is 57.5 Å². The highest BCUT2D eigenvalue weighted by molar-refractivity contribution is 7.07. The number of halogens is 1. The summed E-state index contributed by atoms with van der Waals surface area (Å²) in [5, 5.41) is 0.518. The number of aromatic nitrogens is 1. The summed E-state index contributed by atoms with van der Waals surface area (Å²) in [6.45, 7) is 7.80. The molecule has 0 spiro atoms. The van der Waals surface area contributed by atoms with Crippen molar-refractivity contribution in [2.24, 2.45) is 4.99 Å². The van der Waals surface area contributed by atoms with Crippen molar-refractivity contribution in [3.05, 3.63) is 83.5 Å². The van der Waals surface area contributed by atoms with Crippen molar-refractivity contribution in [3.8, 4) is 17.2 Å². The first-order chi connectivity index (χ1) is 19.2. The molecule has 2 aromatic carbocycles. The lowest BCUT2D eigenvalue weighted by atomic mass is 9.93. The number of esters is 1. The molecule has 1 atom stereocenters. The third kappa shape index (κ3) is 5.95. The van der Waals surface area contributed by atoms with Crippen molar-refractivity contribution in [2.45, 2.75) is 52.7 Å². The van der Waals surface area contributed by atoms with E-state index in [2.05, 4.69) is 0 Å². The van der Waals surface area contributed by atoms with E-state index in [1.165, 1.54) is 15.9 Å². The largest absolute Gasteiger partial charge is 0.497 e. The summed E-state index contributed by atoms with van der Waals surface area (Å²) in [6.07, 6.45) is 2.96. The lowest BCUT2D eigenvalue weighted by Crippen LogP contribution is -2.40. The molecule has 0 radical (unpaired) electrons. The van der Waals surface area contributed by atoms with Crippen LogP contribution >= 0.6 is 22.9 Å². The molecule has 0 fully saturated rings. The first kappa shape index (κ1) is 29.4. The Morgan fingerprint density at radius 3 is 2.52 bits per heavy atom. The van der Waals surface area contributed by atoms with Crippen LogP contribution in [0.1, 0.15) is 57.7 Å². The molecule has 0 amide bonds. The smallest absolute Gasteiger partial charge is 0.338 e. The first-order valence-electron chi connectivity index (χ1n) is 13.1. The molecule has 2 heterocycles. The zero-order valence-electron chi connectivity index (χ0n) is 23.4. The minimum Gasteiger partial charge on any atom is -0.497 e. The highest BCUT2D eigenvalue weighted by Crippen LogP contribution is 2.38. The maximum atomic E-state index is 14.1. The lowest BCUT2D eigenvalue weighted by Gasteiger charge is -2.27. The van der Waals surface area contributed by atoms with Gasteiger partial charge in [0.15, 0.2) is 4.80 Å². The molecule has 0 saturated carbocycles. The number of carbonyl (C=O) groups excluding carboxylic acids is 1. The number of hydrogen-bond donors (Lipinski definition) is 0. The summed E-state index contributed by atoms with van der Waals surface area (Å²) in [4.78, 5) is 32.9. The third-order valence-corrected chi connectivity index (χ3v) is 7.46. The second-order valence-electron chi connectivity index (χ2n) is 9.37. The van der Waals surface area contributed by atoms with Gasteiger partial charge in [-0.3, -0.25) is 9.36 Å². The Labute approximate surface area is 242 Å². The Hall–Kier alpha value is -3.56. The van der Waals surface area contributed by atoms with E-state index in [0.717, 1.165) is 6.42 Å². The molecule has 1 aromatic heterocycles. The molecular weight excluding hydrogens is 552 g/mol. The molecule has 0 N–H and O–H groups in total. The van der Waals surface area contributed by atoms with Gasteiger partial charge < -0.3 is 18.9 Å². The van der Waals surface area contributed by atoms with E-state index in [1.54, 1.807) is 63.6 Å². The highest BCUT2D eigenvalue weighted by atomic mass is 35.5. The highest BCUT2D eigenvalue weighted by Gasteiger charge is 2.36. The fourth-order valence-corrected chi connectivity index (χ4v) is 5.79. The Balaban J connectivity index is 2.05. The summed E-state index contributed by atoms with van der Waals surface area (Å²) >= 11 is 7.55. The molecule has 3 aromatic rings. The van der Waals surface area contributed by atoms with Crippen LogP contribution in [-0.2, 0) is 9.53 Å². The predicted octanol–water partition coefficient (Wildman–Crippen LogP) is 5.04. The van der Waals surface area contributed by atoms with E-state index < -0.39 is 12.0 Å². The maximum absolute atomic E-state index is 14.1. The first-order valence-corrected chi connectivity index (χ1v) is 14.3. The Morgan fingerprint density at radius 2 is 1.88 bits per heavy atom. The number of carbonyl (C=O) groups is 1. The van der Waals surface area contributed by atoms with Crippen LogP contribution in [0.3, 0.4) is 0 Å². The average molecular weight is 585 g/mol. The van der Waals surface area contributed by atoms with Crippen molar-refractivity contribution in [3.63, 3.8) is 0 Å². The molecule has 40 heavy (non-hydrogen) atoms. The minimum atomic E-state index is -0.838. The van der Waals surface area contributed by atoms with E-state index in [4.69, 9.17) is 35.5 Å². The summed E-state index contributed by atoms with van der Waals surface area (Å²) < 4.78 is 24.6. The Morgan fingerprint density at radius 1 is 1.12 bits per heavy atom. The second kappa shape index (κ2) is 12.7. The van der Waals surface area contributed by atoms with Crippen molar-refractivity contribution in [2.75, 3.05) is 20.8 Å². The van der Waals surface area contributed by atoms with Gasteiger partial charge in [0, 0.05) is 16.1 Å². The second-order valence-corrected chi connectivity index (χ2v) is 10.8. The zero-order chi connectivity index (χ0) is 29.0. The standard InChI is InChI=1S/C30H33ClN2O6S/c1-7-9-22-26(29(35)38-8-2)27(21-16-20(36-5)11-13-24(21)37-6)33-28(34)25(40-30(33)32-22)15-18-14-19(31)10-12-23(18)39-17(3)4/h10-17,27H,7-9H2,1-6H3/b25-15-/t27-/m1/s1. The fraction of sp³-hybridized carbons (Fsp3) is 0.367. The number of nitrogens with zero attached hydrogens (tertiary/aromatic N) is 2. The lowest BCUT2D eigenvalue weighted by molar-refractivity contribution is -0.139. The molecule has 0 aliphatic carbocycles. The van der Waals surface area contributed by atoms with Crippen molar-refractivity contribution >= 4 is 35.0 Å². The van der Waals surface area contributed by atoms with Crippen LogP contribution in [0.2, 0.25) is 5.02 Å². The number of rotatable bonds is 10. The Bertz CT molecular complexity index is 1620. The zero-order valence-corrected chi connectivity index (χ0v) is 25.0. The van der Waals surface area contributed by atoms with Crippen LogP contribution in [0.4, 0.5) is 0 Å². The van der Waals surface area contributed by atoms with E-state index in [0.29, 0.717) is 60.4 Å². The molecule has 0 unspecified atom stereocenters. The van der Waals surface area contributed by atoms with Crippen molar-refractivity contribution in [1.29, 1.82) is 0 Å². The molecule has 10 heteroatoms. The topological polar surface area (TPSA) is 88.4 Å². The van der Waals surface area contributed by atoms with Crippen molar-refractivity contribution < 1.29 is 23.7 Å². The van der Waals surface area contributed by atoms with Crippen LogP contribution < -0.4 is 29.1 Å². The average Bonchev–Trinajstić information content (AvgIpc) is 3.23. The predicted molar refractivity (Wildman–Crippen MR) is 156 cm³/mol. The van der Waals surface area contributed by atoms with Gasteiger partial charge in [0.2, 0.25) is 0 Å². The summed E-state index contributed by atoms with van der Waals surface area (Å²) in [5.41, 5.74) is 1.83. The number of fused-ring (bicyclic) bond motifs is 1. The fourth-order valence-electron chi connectivity index (χ4n) is 4.60. The van der Waals surface area contributed by atoms with Gasteiger partial charge in [-0.2, -0.15) is 0 Å². The molecule has 212 valence electrons. The maximum Gasteiger partial charge on any atom is 0.338 e. The van der Waals surface area contributed by atoms with Gasteiger partial charge in [-0.25, -0.2) is 9.79 Å². The van der Waals surface area contributed by atoms with E-state index in [9.17, 15) is 9.59 Å². The van der Waals surface area contributed by atoms with E-state index >= 15 is 0 Å². The SMILES string of the molecule is CCCC1=C(C(=O)OCC)[C@@H](c2cc(OC)ccc2OC)n2c(s/c(=C\c3cc(Cl)ccc3OC(C)C)c2=O)=N1. The van der Waals surface area contributed by atoms with Crippen molar-refractivity contribution in [1.82, 2.24) is 4.57 Å². The number of ether oxygens (including phenoxy) is 4. The molecule has 0 bridgehead atoms. The number of allylic oxidation sites excluding steroid dienone is 1. The monoisotopic (exact) mass is 584 g/mol. The molecule has 8 nitrogen and oxygen atoms in total. The van der Waals surface area contributed by atoms with Gasteiger partial charge in [-0.1, -0.05) is 36.3 Å². The molecular formula is C30H33ClN2O6S. The number of hydrogen-bond acceptors (Lipinski definition) is 8. The molecule has 0 saturated heterocycles. The van der Waals surface area contributed by atoms with Crippen LogP contribution in [0, 0.1) is 0 Å². The summed E-state index contributed by atoms with van der Waals surface area (Å²) in [7, 11) is 3.11. The van der Waals surface area contributed by atoms with E-state index in [-0.39, 0.29) is 18.3 Å². The van der Waals surface area contributed by atoms with Crippen LogP contribution in [-0.4, -0.2) is 37.5 Å². The minimum absolute atomic E-state index is 0.0705. The molecule has 4 rings (SSSR count). The van der Waals surface area contributed by atoms with Gasteiger partial charge in [-0.15, -0.1) is 0 Å². The van der Waals surface area contributed by atoms with Crippen LogP contribution in [0.25, 0.3) is 6.08 Å². The molecule has 1 aliphatic heterocycles. The van der Waals surface area contributed by atoms with Crippen LogP contribution in [0.5, 0.6) is 17.2 Å². The van der Waals surface area contributed by atoms with Gasteiger partial charge in [0.1, 0.15) is 23.3 Å². The summed E-state index contributed by atoms with van der Waals surface area (Å²) in [5.74, 6) is 1.14. The number of benzene rings is 2. The Kier molecular flexibility index (Phi) is 9.37. The van der Waals surface area contributed by atoms with E-state index in [1.807, 2.05) is 20.8 Å². The quantitative estimate of drug-likeness (QED) is 0.310. The molecule has 1 aliphatic rings. The van der Waals surface area contributed by atoms with Gasteiger partial charge >= 0.3 is 5.97 Å². The third-order valence-electron chi connectivity index (χ3n) is 6.24.